The van der Waals surface area contributed by atoms with E-state index in [-0.39, 0.29) is 0 Å². The summed E-state index contributed by atoms with van der Waals surface area (Å²) in [5.74, 6) is 1.63. The summed E-state index contributed by atoms with van der Waals surface area (Å²) in [6.07, 6.45) is 1.40. The number of nitrogens with two attached hydrogens (primary N) is 1. The maximum atomic E-state index is 6.24. The highest BCUT2D eigenvalue weighted by atomic mass is 35.5. The third kappa shape index (κ3) is 3.75. The minimum atomic E-state index is 0.338. The zero-order valence-corrected chi connectivity index (χ0v) is 16.9. The summed E-state index contributed by atoms with van der Waals surface area (Å²) in [6, 6.07) is 10.8. The lowest BCUT2D eigenvalue weighted by Gasteiger charge is -2.12. The number of rotatable bonds is 5. The number of anilines is 5. The van der Waals surface area contributed by atoms with Crippen molar-refractivity contribution >= 4 is 72.9 Å². The highest BCUT2D eigenvalue weighted by molar-refractivity contribution is 7.22. The highest BCUT2D eigenvalue weighted by Gasteiger charge is 2.13. The molecule has 4 aromatic rings. The van der Waals surface area contributed by atoms with Crippen LogP contribution in [0.3, 0.4) is 0 Å². The molecule has 0 aliphatic rings. The number of ether oxygens (including phenoxy) is 1. The SMILES string of the molecule is COc1ccc2nc(Nc3ncnc(Nc4ccc(Cl)cc4Cl)c3N)sc2c1. The van der Waals surface area contributed by atoms with Gasteiger partial charge in [-0.05, 0) is 36.4 Å². The van der Waals surface area contributed by atoms with Crippen LogP contribution in [0, 0.1) is 0 Å². The Morgan fingerprint density at radius 2 is 1.82 bits per heavy atom. The van der Waals surface area contributed by atoms with E-state index in [4.69, 9.17) is 33.7 Å². The van der Waals surface area contributed by atoms with Crippen molar-refractivity contribution in [3.63, 3.8) is 0 Å². The van der Waals surface area contributed by atoms with Gasteiger partial charge in [0, 0.05) is 5.02 Å². The van der Waals surface area contributed by atoms with Crippen molar-refractivity contribution in [1.82, 2.24) is 15.0 Å². The first-order valence-corrected chi connectivity index (χ1v) is 9.65. The Labute approximate surface area is 174 Å². The Balaban J connectivity index is 1.61. The molecule has 7 nitrogen and oxygen atoms in total. The van der Waals surface area contributed by atoms with E-state index in [1.807, 2.05) is 18.2 Å². The van der Waals surface area contributed by atoms with Gasteiger partial charge in [-0.15, -0.1) is 0 Å². The van der Waals surface area contributed by atoms with Crippen molar-refractivity contribution < 1.29 is 4.74 Å². The molecule has 142 valence electrons. The largest absolute Gasteiger partial charge is 0.497 e. The van der Waals surface area contributed by atoms with E-state index in [1.54, 1.807) is 25.3 Å². The number of hydrogen-bond donors (Lipinski definition) is 3. The molecule has 0 atom stereocenters. The molecule has 0 spiro atoms. The molecule has 2 aromatic carbocycles. The van der Waals surface area contributed by atoms with Crippen LogP contribution in [-0.2, 0) is 0 Å². The van der Waals surface area contributed by atoms with Crippen molar-refractivity contribution in [3.8, 4) is 5.75 Å². The molecule has 0 radical (unpaired) electrons. The number of hydrogen-bond acceptors (Lipinski definition) is 8. The van der Waals surface area contributed by atoms with Gasteiger partial charge in [-0.1, -0.05) is 34.5 Å². The number of nitrogens with one attached hydrogen (secondary N) is 2. The molecule has 0 aliphatic heterocycles. The van der Waals surface area contributed by atoms with Gasteiger partial charge in [-0.25, -0.2) is 15.0 Å². The molecule has 0 amide bonds. The minimum absolute atomic E-state index is 0.338. The van der Waals surface area contributed by atoms with Gasteiger partial charge in [0.15, 0.2) is 16.8 Å². The van der Waals surface area contributed by atoms with E-state index in [0.29, 0.717) is 38.2 Å². The van der Waals surface area contributed by atoms with Crippen LogP contribution in [0.2, 0.25) is 10.0 Å². The molecule has 28 heavy (non-hydrogen) atoms. The molecule has 10 heteroatoms. The van der Waals surface area contributed by atoms with Gasteiger partial charge in [-0.3, -0.25) is 0 Å². The smallest absolute Gasteiger partial charge is 0.189 e. The van der Waals surface area contributed by atoms with Crippen LogP contribution in [0.15, 0.2) is 42.7 Å². The molecule has 4 rings (SSSR count). The standard InChI is InChI=1S/C18H14Cl2N6OS/c1-27-10-3-5-13-14(7-10)28-18(25-13)26-17-15(21)16(22-8-23-17)24-12-4-2-9(19)6-11(12)20/h2-8H,21H2,1H3,(H2,22,23,24,25,26). The van der Waals surface area contributed by atoms with Crippen LogP contribution in [0.4, 0.5) is 28.1 Å². The molecular weight excluding hydrogens is 419 g/mol. The number of benzene rings is 2. The second-order valence-corrected chi connectivity index (χ2v) is 7.59. The van der Waals surface area contributed by atoms with Gasteiger partial charge < -0.3 is 21.1 Å². The predicted octanol–water partition coefficient (Wildman–Crippen LogP) is 5.47. The fourth-order valence-electron chi connectivity index (χ4n) is 2.50. The van der Waals surface area contributed by atoms with Gasteiger partial charge in [0.1, 0.15) is 17.8 Å². The number of thiazole rings is 1. The number of nitrogens with zero attached hydrogens (tertiary/aromatic N) is 3. The average Bonchev–Trinajstić information content (AvgIpc) is 3.08. The van der Waals surface area contributed by atoms with Crippen molar-refractivity contribution in [2.75, 3.05) is 23.5 Å². The molecule has 0 bridgehead atoms. The van der Waals surface area contributed by atoms with Gasteiger partial charge >= 0.3 is 0 Å². The Bertz CT molecular complexity index is 1170. The van der Waals surface area contributed by atoms with Crippen LogP contribution >= 0.6 is 34.5 Å². The summed E-state index contributed by atoms with van der Waals surface area (Å²) in [7, 11) is 1.63. The van der Waals surface area contributed by atoms with Crippen LogP contribution in [0.25, 0.3) is 10.2 Å². The van der Waals surface area contributed by atoms with Crippen molar-refractivity contribution in [3.05, 3.63) is 52.8 Å². The summed E-state index contributed by atoms with van der Waals surface area (Å²) in [5, 5.41) is 7.90. The second-order valence-electron chi connectivity index (χ2n) is 5.71. The molecular formula is C18H14Cl2N6OS. The number of methoxy groups -OCH3 is 1. The van der Waals surface area contributed by atoms with E-state index < -0.39 is 0 Å². The Hall–Kier alpha value is -2.81. The first-order valence-electron chi connectivity index (χ1n) is 8.07. The van der Waals surface area contributed by atoms with Crippen molar-refractivity contribution in [2.45, 2.75) is 0 Å². The average molecular weight is 433 g/mol. The zero-order chi connectivity index (χ0) is 19.7. The molecule has 0 saturated carbocycles. The third-order valence-corrected chi connectivity index (χ3v) is 5.37. The zero-order valence-electron chi connectivity index (χ0n) is 14.5. The summed E-state index contributed by atoms with van der Waals surface area (Å²) >= 11 is 13.6. The number of aromatic nitrogens is 3. The van der Waals surface area contributed by atoms with E-state index in [1.165, 1.54) is 17.7 Å². The lowest BCUT2D eigenvalue weighted by Crippen LogP contribution is -2.05. The van der Waals surface area contributed by atoms with E-state index in [2.05, 4.69) is 25.6 Å². The maximum Gasteiger partial charge on any atom is 0.189 e. The first kappa shape index (κ1) is 18.5. The molecule has 0 saturated heterocycles. The lowest BCUT2D eigenvalue weighted by molar-refractivity contribution is 0.415. The Morgan fingerprint density at radius 1 is 1.04 bits per heavy atom. The monoisotopic (exact) mass is 432 g/mol. The highest BCUT2D eigenvalue weighted by Crippen LogP contribution is 2.34. The fraction of sp³-hybridized carbons (Fsp3) is 0.0556. The summed E-state index contributed by atoms with van der Waals surface area (Å²) in [5.41, 5.74) is 8.06. The van der Waals surface area contributed by atoms with Gasteiger partial charge in [0.05, 0.1) is 28.0 Å². The quantitative estimate of drug-likeness (QED) is 0.384. The Morgan fingerprint density at radius 3 is 2.57 bits per heavy atom. The molecule has 4 N–H and O–H groups in total. The van der Waals surface area contributed by atoms with Crippen molar-refractivity contribution in [1.29, 1.82) is 0 Å². The Kier molecular flexibility index (Phi) is 5.08. The maximum absolute atomic E-state index is 6.24. The topological polar surface area (TPSA) is 98.0 Å². The van der Waals surface area contributed by atoms with E-state index in [0.717, 1.165) is 16.0 Å². The number of fused-ring (bicyclic) bond motifs is 1. The summed E-state index contributed by atoms with van der Waals surface area (Å²) in [4.78, 5) is 13.0. The van der Waals surface area contributed by atoms with Crippen LogP contribution < -0.4 is 21.1 Å². The number of halogens is 2. The normalized spacial score (nSPS) is 10.8. The predicted molar refractivity (Wildman–Crippen MR) is 116 cm³/mol. The third-order valence-electron chi connectivity index (χ3n) is 3.89. The molecule has 2 aromatic heterocycles. The van der Waals surface area contributed by atoms with Crippen LogP contribution in [0.1, 0.15) is 0 Å². The molecule has 0 unspecified atom stereocenters. The van der Waals surface area contributed by atoms with Gasteiger partial charge in [0.2, 0.25) is 0 Å². The van der Waals surface area contributed by atoms with Gasteiger partial charge in [0.25, 0.3) is 0 Å². The lowest BCUT2D eigenvalue weighted by atomic mass is 10.3. The van der Waals surface area contributed by atoms with Crippen molar-refractivity contribution in [2.24, 2.45) is 0 Å². The van der Waals surface area contributed by atoms with Gasteiger partial charge in [-0.2, -0.15) is 0 Å². The summed E-state index contributed by atoms with van der Waals surface area (Å²) in [6.45, 7) is 0. The number of nitrogen functional groups attached to an aromatic ring is 1. The molecule has 0 aliphatic carbocycles. The first-order chi connectivity index (χ1) is 13.5. The minimum Gasteiger partial charge on any atom is -0.497 e. The van der Waals surface area contributed by atoms with E-state index >= 15 is 0 Å². The molecule has 2 heterocycles. The fourth-order valence-corrected chi connectivity index (χ4v) is 3.85. The van der Waals surface area contributed by atoms with Crippen LogP contribution in [-0.4, -0.2) is 22.1 Å². The second kappa shape index (κ2) is 7.67. The molecule has 0 fully saturated rings. The summed E-state index contributed by atoms with van der Waals surface area (Å²) < 4.78 is 6.24. The van der Waals surface area contributed by atoms with Crippen LogP contribution in [0.5, 0.6) is 5.75 Å². The van der Waals surface area contributed by atoms with E-state index in [9.17, 15) is 0 Å².